The molecular formula is C16H33NO2. The molecule has 0 aromatic rings. The van der Waals surface area contributed by atoms with Crippen molar-refractivity contribution in [3.05, 3.63) is 0 Å². The van der Waals surface area contributed by atoms with Crippen LogP contribution < -0.4 is 0 Å². The molecule has 114 valence electrons. The Hall–Kier alpha value is -0.120. The third-order valence-electron chi connectivity index (χ3n) is 4.49. The fourth-order valence-electron chi connectivity index (χ4n) is 3.22. The summed E-state index contributed by atoms with van der Waals surface area (Å²) in [6.07, 6.45) is 4.39. The van der Waals surface area contributed by atoms with E-state index in [2.05, 4.69) is 32.6 Å². The van der Waals surface area contributed by atoms with Crippen molar-refractivity contribution in [1.29, 1.82) is 0 Å². The number of ether oxygens (including phenoxy) is 1. The van der Waals surface area contributed by atoms with Gasteiger partial charge in [-0.15, -0.1) is 0 Å². The van der Waals surface area contributed by atoms with Gasteiger partial charge in [0.15, 0.2) is 0 Å². The van der Waals surface area contributed by atoms with Gasteiger partial charge in [-0.25, -0.2) is 0 Å². The highest BCUT2D eigenvalue weighted by molar-refractivity contribution is 4.87. The second kappa shape index (κ2) is 8.23. The predicted molar refractivity (Wildman–Crippen MR) is 80.4 cm³/mol. The summed E-state index contributed by atoms with van der Waals surface area (Å²) < 4.78 is 5.47. The molecule has 0 aromatic carbocycles. The van der Waals surface area contributed by atoms with E-state index < -0.39 is 0 Å². The Labute approximate surface area is 119 Å². The zero-order chi connectivity index (χ0) is 14.3. The van der Waals surface area contributed by atoms with Crippen molar-refractivity contribution in [3.63, 3.8) is 0 Å². The number of hydrogen-bond acceptors (Lipinski definition) is 3. The standard InChI is InChI=1S/C16H33NO2/c1-5-15(6-2)17(11-14(3)4)12-16(13-18)7-9-19-10-8-16/h14-15,18H,5-13H2,1-4H3. The van der Waals surface area contributed by atoms with Crippen molar-refractivity contribution in [3.8, 4) is 0 Å². The van der Waals surface area contributed by atoms with Gasteiger partial charge >= 0.3 is 0 Å². The molecule has 0 bridgehead atoms. The van der Waals surface area contributed by atoms with Gasteiger partial charge < -0.3 is 9.84 Å². The van der Waals surface area contributed by atoms with Gasteiger partial charge in [0, 0.05) is 37.8 Å². The molecule has 0 saturated carbocycles. The maximum absolute atomic E-state index is 9.87. The third kappa shape index (κ3) is 5.05. The van der Waals surface area contributed by atoms with Gasteiger partial charge in [-0.2, -0.15) is 0 Å². The lowest BCUT2D eigenvalue weighted by molar-refractivity contribution is -0.0432. The van der Waals surface area contributed by atoms with Gasteiger partial charge in [-0.05, 0) is 31.6 Å². The SMILES string of the molecule is CCC(CC)N(CC(C)C)CC1(CO)CCOCC1. The van der Waals surface area contributed by atoms with Crippen LogP contribution in [0, 0.1) is 11.3 Å². The first-order chi connectivity index (χ1) is 9.06. The van der Waals surface area contributed by atoms with E-state index in [-0.39, 0.29) is 5.41 Å². The van der Waals surface area contributed by atoms with Crippen molar-refractivity contribution in [1.82, 2.24) is 4.90 Å². The maximum atomic E-state index is 9.87. The Bertz CT molecular complexity index is 233. The van der Waals surface area contributed by atoms with E-state index in [1.54, 1.807) is 0 Å². The number of aliphatic hydroxyl groups excluding tert-OH is 1. The Morgan fingerprint density at radius 3 is 2.16 bits per heavy atom. The molecule has 0 spiro atoms. The van der Waals surface area contributed by atoms with E-state index in [4.69, 9.17) is 4.74 Å². The van der Waals surface area contributed by atoms with E-state index in [0.717, 1.165) is 39.1 Å². The molecule has 3 nitrogen and oxygen atoms in total. The van der Waals surface area contributed by atoms with Gasteiger partial charge in [0.1, 0.15) is 0 Å². The summed E-state index contributed by atoms with van der Waals surface area (Å²) in [6, 6.07) is 0.647. The molecular weight excluding hydrogens is 238 g/mol. The van der Waals surface area contributed by atoms with Crippen LogP contribution in [-0.4, -0.2) is 49.0 Å². The molecule has 1 N–H and O–H groups in total. The minimum Gasteiger partial charge on any atom is -0.396 e. The Morgan fingerprint density at radius 1 is 1.16 bits per heavy atom. The van der Waals surface area contributed by atoms with Crippen LogP contribution >= 0.6 is 0 Å². The fourth-order valence-corrected chi connectivity index (χ4v) is 3.22. The highest BCUT2D eigenvalue weighted by atomic mass is 16.5. The first-order valence-corrected chi connectivity index (χ1v) is 7.99. The lowest BCUT2D eigenvalue weighted by Crippen LogP contribution is -2.48. The molecule has 1 aliphatic rings. The van der Waals surface area contributed by atoms with E-state index in [9.17, 15) is 5.11 Å². The van der Waals surface area contributed by atoms with Crippen LogP contribution in [0.4, 0.5) is 0 Å². The predicted octanol–water partition coefficient (Wildman–Crippen LogP) is 2.92. The number of rotatable bonds is 8. The quantitative estimate of drug-likeness (QED) is 0.737. The molecule has 0 aromatic heterocycles. The Balaban J connectivity index is 2.72. The lowest BCUT2D eigenvalue weighted by atomic mass is 9.80. The van der Waals surface area contributed by atoms with Gasteiger partial charge in [-0.3, -0.25) is 4.90 Å². The largest absolute Gasteiger partial charge is 0.396 e. The van der Waals surface area contributed by atoms with Crippen molar-refractivity contribution < 1.29 is 9.84 Å². The van der Waals surface area contributed by atoms with Crippen LogP contribution in [0.5, 0.6) is 0 Å². The zero-order valence-corrected chi connectivity index (χ0v) is 13.3. The molecule has 1 heterocycles. The molecule has 3 heteroatoms. The van der Waals surface area contributed by atoms with Crippen LogP contribution in [0.1, 0.15) is 53.4 Å². The summed E-state index contributed by atoms with van der Waals surface area (Å²) in [7, 11) is 0. The summed E-state index contributed by atoms with van der Waals surface area (Å²) in [6.45, 7) is 13.2. The second-order valence-electron chi connectivity index (χ2n) is 6.56. The highest BCUT2D eigenvalue weighted by Gasteiger charge is 2.35. The first-order valence-electron chi connectivity index (χ1n) is 7.99. The molecule has 1 saturated heterocycles. The topological polar surface area (TPSA) is 32.7 Å². The number of hydrogen-bond donors (Lipinski definition) is 1. The average molecular weight is 271 g/mol. The van der Waals surface area contributed by atoms with Crippen LogP contribution in [0.25, 0.3) is 0 Å². The van der Waals surface area contributed by atoms with Gasteiger partial charge in [0.2, 0.25) is 0 Å². The minimum atomic E-state index is 0.0652. The third-order valence-corrected chi connectivity index (χ3v) is 4.49. The van der Waals surface area contributed by atoms with Crippen LogP contribution in [0.3, 0.4) is 0 Å². The van der Waals surface area contributed by atoms with E-state index >= 15 is 0 Å². The normalized spacial score (nSPS) is 19.6. The summed E-state index contributed by atoms with van der Waals surface area (Å²) in [5.74, 6) is 0.677. The van der Waals surface area contributed by atoms with Gasteiger partial charge in [0.25, 0.3) is 0 Å². The molecule has 0 radical (unpaired) electrons. The molecule has 19 heavy (non-hydrogen) atoms. The molecule has 1 fully saturated rings. The molecule has 1 rings (SSSR count). The maximum Gasteiger partial charge on any atom is 0.0501 e. The number of nitrogens with zero attached hydrogens (tertiary/aromatic N) is 1. The zero-order valence-electron chi connectivity index (χ0n) is 13.3. The summed E-state index contributed by atoms with van der Waals surface area (Å²) >= 11 is 0. The van der Waals surface area contributed by atoms with Crippen LogP contribution in [0.2, 0.25) is 0 Å². The number of aliphatic hydroxyl groups is 1. The van der Waals surface area contributed by atoms with Crippen molar-refractivity contribution >= 4 is 0 Å². The van der Waals surface area contributed by atoms with E-state index in [0.29, 0.717) is 18.6 Å². The molecule has 0 unspecified atom stereocenters. The van der Waals surface area contributed by atoms with Crippen LogP contribution in [0.15, 0.2) is 0 Å². The smallest absolute Gasteiger partial charge is 0.0501 e. The molecule has 1 aliphatic heterocycles. The monoisotopic (exact) mass is 271 g/mol. The first kappa shape index (κ1) is 16.9. The Kier molecular flexibility index (Phi) is 7.33. The fraction of sp³-hybridized carbons (Fsp3) is 1.00. The molecule has 0 atom stereocenters. The highest BCUT2D eigenvalue weighted by Crippen LogP contribution is 2.32. The summed E-state index contributed by atoms with van der Waals surface area (Å²) in [4.78, 5) is 2.62. The van der Waals surface area contributed by atoms with Gasteiger partial charge in [-0.1, -0.05) is 27.7 Å². The molecule has 0 aliphatic carbocycles. The summed E-state index contributed by atoms with van der Waals surface area (Å²) in [5, 5.41) is 9.87. The van der Waals surface area contributed by atoms with E-state index in [1.807, 2.05) is 0 Å². The van der Waals surface area contributed by atoms with Crippen molar-refractivity contribution in [2.45, 2.75) is 59.4 Å². The Morgan fingerprint density at radius 2 is 1.74 bits per heavy atom. The summed E-state index contributed by atoms with van der Waals surface area (Å²) in [5.41, 5.74) is 0.0652. The van der Waals surface area contributed by atoms with Crippen LogP contribution in [-0.2, 0) is 4.74 Å². The van der Waals surface area contributed by atoms with E-state index in [1.165, 1.54) is 12.8 Å². The van der Waals surface area contributed by atoms with Crippen molar-refractivity contribution in [2.75, 3.05) is 32.9 Å². The lowest BCUT2D eigenvalue weighted by Gasteiger charge is -2.43. The second-order valence-corrected chi connectivity index (χ2v) is 6.56. The average Bonchev–Trinajstić information content (AvgIpc) is 2.40. The molecule has 0 amide bonds. The van der Waals surface area contributed by atoms with Crippen molar-refractivity contribution in [2.24, 2.45) is 11.3 Å². The minimum absolute atomic E-state index is 0.0652. The van der Waals surface area contributed by atoms with Gasteiger partial charge in [0.05, 0.1) is 6.61 Å².